The molecule has 1 unspecified atom stereocenters. The normalized spacial score (nSPS) is 19.9. The van der Waals surface area contributed by atoms with Crippen molar-refractivity contribution >= 4 is 11.3 Å². The maximum absolute atomic E-state index is 3.62. The number of nitrogens with one attached hydrogen (secondary N) is 1. The second-order valence-electron chi connectivity index (χ2n) is 4.56. The summed E-state index contributed by atoms with van der Waals surface area (Å²) in [6, 6.07) is 4.99. The molecule has 2 heterocycles. The molecule has 0 saturated carbocycles. The lowest BCUT2D eigenvalue weighted by molar-refractivity contribution is 0.134. The Morgan fingerprint density at radius 2 is 2.06 bits per heavy atom. The molecule has 1 aromatic rings. The van der Waals surface area contributed by atoms with Crippen LogP contribution in [0, 0.1) is 0 Å². The molecule has 0 aliphatic carbocycles. The van der Waals surface area contributed by atoms with Crippen LogP contribution in [-0.2, 0) is 6.42 Å². The molecule has 1 saturated heterocycles. The van der Waals surface area contributed by atoms with Gasteiger partial charge in [-0.15, -0.1) is 11.3 Å². The predicted molar refractivity (Wildman–Crippen MR) is 70.7 cm³/mol. The number of nitrogens with zero attached hydrogens (tertiary/aromatic N) is 1. The zero-order valence-electron chi connectivity index (χ0n) is 10.3. The third-order valence-corrected chi connectivity index (χ3v) is 4.60. The maximum Gasteiger partial charge on any atom is 0.0529 e. The summed E-state index contributed by atoms with van der Waals surface area (Å²) in [5, 5.41) is 2.39. The fourth-order valence-corrected chi connectivity index (χ4v) is 3.13. The molecule has 1 fully saturated rings. The highest BCUT2D eigenvalue weighted by Crippen LogP contribution is 2.24. The van der Waals surface area contributed by atoms with E-state index < -0.39 is 0 Å². The highest BCUT2D eigenvalue weighted by atomic mass is 32.1. The van der Waals surface area contributed by atoms with Gasteiger partial charge in [0.05, 0.1) is 6.04 Å². The largest absolute Gasteiger partial charge is 0.247 e. The average molecular weight is 238 g/mol. The van der Waals surface area contributed by atoms with Crippen LogP contribution in [0.4, 0.5) is 0 Å². The van der Waals surface area contributed by atoms with Crippen molar-refractivity contribution in [2.45, 2.75) is 45.6 Å². The van der Waals surface area contributed by atoms with Crippen LogP contribution in [0.3, 0.4) is 0 Å². The smallest absolute Gasteiger partial charge is 0.0529 e. The standard InChI is InChI=1S/C13H22N2S/c1-3-12-7-8-13(16-12)11(2)14-15-9-5-4-6-10-15/h7-8,11,14H,3-6,9-10H2,1-2H3. The van der Waals surface area contributed by atoms with E-state index in [1.54, 1.807) is 0 Å². The fourth-order valence-electron chi connectivity index (χ4n) is 2.18. The molecular weight excluding hydrogens is 216 g/mol. The first kappa shape index (κ1) is 12.1. The molecule has 0 bridgehead atoms. The summed E-state index contributed by atoms with van der Waals surface area (Å²) in [5.74, 6) is 0. The number of thiophene rings is 1. The van der Waals surface area contributed by atoms with Gasteiger partial charge in [-0.25, -0.2) is 10.4 Å². The summed E-state index contributed by atoms with van der Waals surface area (Å²) in [6.45, 7) is 6.89. The first-order valence-corrected chi connectivity index (χ1v) is 7.21. The van der Waals surface area contributed by atoms with Crippen molar-refractivity contribution in [3.05, 3.63) is 21.9 Å². The molecule has 1 aliphatic rings. The van der Waals surface area contributed by atoms with Crippen LogP contribution < -0.4 is 5.43 Å². The van der Waals surface area contributed by atoms with E-state index >= 15 is 0 Å². The first-order valence-electron chi connectivity index (χ1n) is 6.39. The van der Waals surface area contributed by atoms with Crippen molar-refractivity contribution in [3.8, 4) is 0 Å². The first-order chi connectivity index (χ1) is 7.79. The molecule has 1 aliphatic heterocycles. The molecule has 0 spiro atoms. The van der Waals surface area contributed by atoms with E-state index in [1.807, 2.05) is 11.3 Å². The minimum Gasteiger partial charge on any atom is -0.247 e. The average Bonchev–Trinajstić information content (AvgIpc) is 2.79. The third kappa shape index (κ3) is 3.06. The van der Waals surface area contributed by atoms with Gasteiger partial charge in [-0.05, 0) is 38.3 Å². The van der Waals surface area contributed by atoms with E-state index in [9.17, 15) is 0 Å². The van der Waals surface area contributed by atoms with E-state index in [2.05, 4.69) is 36.4 Å². The lowest BCUT2D eigenvalue weighted by Gasteiger charge is -2.29. The molecule has 0 radical (unpaired) electrons. The summed E-state index contributed by atoms with van der Waals surface area (Å²) in [6.07, 6.45) is 5.22. The molecule has 2 rings (SSSR count). The van der Waals surface area contributed by atoms with Crippen LogP contribution in [0.1, 0.15) is 48.9 Å². The number of aryl methyl sites for hydroxylation is 1. The van der Waals surface area contributed by atoms with E-state index in [4.69, 9.17) is 0 Å². The van der Waals surface area contributed by atoms with Crippen molar-refractivity contribution in [2.24, 2.45) is 0 Å². The zero-order chi connectivity index (χ0) is 11.4. The molecule has 16 heavy (non-hydrogen) atoms. The van der Waals surface area contributed by atoms with Crippen molar-refractivity contribution in [1.82, 2.24) is 10.4 Å². The Labute approximate surface area is 103 Å². The Balaban J connectivity index is 1.88. The van der Waals surface area contributed by atoms with Crippen molar-refractivity contribution in [1.29, 1.82) is 0 Å². The second kappa shape index (κ2) is 5.80. The summed E-state index contributed by atoms with van der Waals surface area (Å²) in [7, 11) is 0. The van der Waals surface area contributed by atoms with Crippen molar-refractivity contribution < 1.29 is 0 Å². The van der Waals surface area contributed by atoms with Crippen LogP contribution in [0.2, 0.25) is 0 Å². The van der Waals surface area contributed by atoms with Crippen LogP contribution in [0.15, 0.2) is 12.1 Å². The number of piperidine rings is 1. The van der Waals surface area contributed by atoms with Gasteiger partial charge in [0.15, 0.2) is 0 Å². The van der Waals surface area contributed by atoms with E-state index in [0.717, 1.165) is 6.42 Å². The Morgan fingerprint density at radius 3 is 2.69 bits per heavy atom. The van der Waals surface area contributed by atoms with Gasteiger partial charge in [0, 0.05) is 22.8 Å². The van der Waals surface area contributed by atoms with Crippen LogP contribution in [-0.4, -0.2) is 18.1 Å². The highest BCUT2D eigenvalue weighted by Gasteiger charge is 2.14. The van der Waals surface area contributed by atoms with Gasteiger partial charge in [0.2, 0.25) is 0 Å². The van der Waals surface area contributed by atoms with E-state index in [1.165, 1.54) is 42.1 Å². The van der Waals surface area contributed by atoms with Gasteiger partial charge in [-0.3, -0.25) is 0 Å². The number of hydrogen-bond acceptors (Lipinski definition) is 3. The molecule has 0 amide bonds. The highest BCUT2D eigenvalue weighted by molar-refractivity contribution is 7.12. The summed E-state index contributed by atoms with van der Waals surface area (Å²) >= 11 is 1.94. The second-order valence-corrected chi connectivity index (χ2v) is 5.76. The van der Waals surface area contributed by atoms with E-state index in [-0.39, 0.29) is 0 Å². The maximum atomic E-state index is 3.62. The Kier molecular flexibility index (Phi) is 4.38. The van der Waals surface area contributed by atoms with Gasteiger partial charge < -0.3 is 0 Å². The SMILES string of the molecule is CCc1ccc(C(C)NN2CCCCC2)s1. The number of hydrogen-bond donors (Lipinski definition) is 1. The number of hydrazine groups is 1. The van der Waals surface area contributed by atoms with Gasteiger partial charge in [0.1, 0.15) is 0 Å². The number of rotatable bonds is 4. The van der Waals surface area contributed by atoms with E-state index in [0.29, 0.717) is 6.04 Å². The van der Waals surface area contributed by atoms with Gasteiger partial charge >= 0.3 is 0 Å². The summed E-state index contributed by atoms with van der Waals surface area (Å²) in [5.41, 5.74) is 3.62. The van der Waals surface area contributed by atoms with Gasteiger partial charge in [0.25, 0.3) is 0 Å². The molecular formula is C13H22N2S. The lowest BCUT2D eigenvalue weighted by Crippen LogP contribution is -2.42. The monoisotopic (exact) mass is 238 g/mol. The Bertz CT molecular complexity index is 315. The molecule has 1 aromatic heterocycles. The molecule has 2 nitrogen and oxygen atoms in total. The predicted octanol–water partition coefficient (Wildman–Crippen LogP) is 3.36. The third-order valence-electron chi connectivity index (χ3n) is 3.19. The molecule has 1 atom stereocenters. The summed E-state index contributed by atoms with van der Waals surface area (Å²) in [4.78, 5) is 2.95. The summed E-state index contributed by atoms with van der Waals surface area (Å²) < 4.78 is 0. The minimum atomic E-state index is 0.461. The Morgan fingerprint density at radius 1 is 1.31 bits per heavy atom. The zero-order valence-corrected chi connectivity index (χ0v) is 11.1. The topological polar surface area (TPSA) is 15.3 Å². The van der Waals surface area contributed by atoms with Crippen LogP contribution >= 0.6 is 11.3 Å². The van der Waals surface area contributed by atoms with Gasteiger partial charge in [-0.2, -0.15) is 0 Å². The molecule has 3 heteroatoms. The molecule has 1 N–H and O–H groups in total. The van der Waals surface area contributed by atoms with Gasteiger partial charge in [-0.1, -0.05) is 13.3 Å². The lowest BCUT2D eigenvalue weighted by atomic mass is 10.2. The Hall–Kier alpha value is -0.380. The quantitative estimate of drug-likeness (QED) is 0.865. The minimum absolute atomic E-state index is 0.461. The van der Waals surface area contributed by atoms with Crippen LogP contribution in [0.25, 0.3) is 0 Å². The van der Waals surface area contributed by atoms with Crippen LogP contribution in [0.5, 0.6) is 0 Å². The van der Waals surface area contributed by atoms with Crippen molar-refractivity contribution in [2.75, 3.05) is 13.1 Å². The fraction of sp³-hybridized carbons (Fsp3) is 0.692. The molecule has 90 valence electrons. The van der Waals surface area contributed by atoms with Crippen molar-refractivity contribution in [3.63, 3.8) is 0 Å². The molecule has 0 aromatic carbocycles.